The second kappa shape index (κ2) is 5.24. The van der Waals surface area contributed by atoms with E-state index in [1.165, 1.54) is 11.3 Å². The van der Waals surface area contributed by atoms with Crippen LogP contribution in [0.15, 0.2) is 15.9 Å². The maximum atomic E-state index is 11.1. The summed E-state index contributed by atoms with van der Waals surface area (Å²) in [5.74, 6) is -2.02. The van der Waals surface area contributed by atoms with E-state index in [9.17, 15) is 9.59 Å². The molecule has 1 atom stereocenters. The van der Waals surface area contributed by atoms with Gasteiger partial charge in [0.15, 0.2) is 6.04 Å². The molecule has 0 aliphatic rings. The number of carboxylic acids is 1. The Balaban J connectivity index is 2.44. The van der Waals surface area contributed by atoms with Gasteiger partial charge >= 0.3 is 5.97 Å². The molecule has 0 fully saturated rings. The third-order valence-corrected chi connectivity index (χ3v) is 3.30. The van der Waals surface area contributed by atoms with Crippen molar-refractivity contribution in [3.63, 3.8) is 0 Å². The molecule has 0 spiro atoms. The smallest absolute Gasteiger partial charge is 0.330 e. The van der Waals surface area contributed by atoms with Crippen LogP contribution in [0.25, 0.3) is 0 Å². The minimum Gasteiger partial charge on any atom is -0.480 e. The van der Waals surface area contributed by atoms with Crippen LogP contribution in [0.3, 0.4) is 0 Å². The third-order valence-electron chi connectivity index (χ3n) is 1.61. The summed E-state index contributed by atoms with van der Waals surface area (Å²) >= 11 is 4.73. The van der Waals surface area contributed by atoms with Crippen LogP contribution in [-0.4, -0.2) is 23.0 Å². The van der Waals surface area contributed by atoms with Gasteiger partial charge in [-0.1, -0.05) is 0 Å². The molecule has 82 valence electrons. The quantitative estimate of drug-likeness (QED) is 0.706. The first-order chi connectivity index (χ1) is 7.00. The highest BCUT2D eigenvalue weighted by Gasteiger charge is 2.20. The number of carbonyl (C=O) groups is 2. The first-order valence-electron chi connectivity index (χ1n) is 3.99. The van der Waals surface area contributed by atoms with Crippen molar-refractivity contribution in [1.82, 2.24) is 5.32 Å². The fraction of sp³-hybridized carbons (Fsp3) is 0.250. The molecule has 1 aromatic heterocycles. The number of carbonyl (C=O) groups excluding carboxylic acids is 1. The maximum absolute atomic E-state index is 11.1. The number of hydrogen-bond acceptors (Lipinski definition) is 4. The summed E-state index contributed by atoms with van der Waals surface area (Å²) in [5.41, 5.74) is 5.11. The lowest BCUT2D eigenvalue weighted by molar-refractivity contribution is -0.142. The monoisotopic (exact) mass is 292 g/mol. The zero-order valence-corrected chi connectivity index (χ0v) is 9.97. The first-order valence-corrected chi connectivity index (χ1v) is 5.67. The Morgan fingerprint density at radius 2 is 2.33 bits per heavy atom. The number of hydrogen-bond donors (Lipinski definition) is 3. The molecule has 1 aromatic rings. The van der Waals surface area contributed by atoms with Crippen molar-refractivity contribution in [1.29, 1.82) is 0 Å². The highest BCUT2D eigenvalue weighted by Crippen LogP contribution is 2.19. The van der Waals surface area contributed by atoms with E-state index in [1.54, 1.807) is 0 Å². The van der Waals surface area contributed by atoms with E-state index < -0.39 is 17.9 Å². The van der Waals surface area contributed by atoms with Crippen LogP contribution in [0.4, 0.5) is 0 Å². The Kier molecular flexibility index (Phi) is 4.25. The fourth-order valence-electron chi connectivity index (χ4n) is 0.843. The Morgan fingerprint density at radius 3 is 2.80 bits per heavy atom. The van der Waals surface area contributed by atoms with E-state index in [0.29, 0.717) is 0 Å². The summed E-state index contributed by atoms with van der Waals surface area (Å²) in [7, 11) is 0. The van der Waals surface area contributed by atoms with Gasteiger partial charge in [0.1, 0.15) is 0 Å². The number of rotatable bonds is 4. The van der Waals surface area contributed by atoms with E-state index in [4.69, 9.17) is 10.8 Å². The number of halogens is 1. The van der Waals surface area contributed by atoms with Gasteiger partial charge < -0.3 is 16.2 Å². The van der Waals surface area contributed by atoms with Crippen LogP contribution in [0.1, 0.15) is 4.88 Å². The Morgan fingerprint density at radius 1 is 1.67 bits per heavy atom. The number of amides is 1. The topological polar surface area (TPSA) is 92.4 Å². The highest BCUT2D eigenvalue weighted by atomic mass is 79.9. The summed E-state index contributed by atoms with van der Waals surface area (Å²) in [5, 5.41) is 12.8. The zero-order valence-electron chi connectivity index (χ0n) is 7.57. The minimum atomic E-state index is -1.51. The molecule has 0 aromatic carbocycles. The minimum absolute atomic E-state index is 0.288. The zero-order chi connectivity index (χ0) is 11.4. The molecule has 0 saturated carbocycles. The molecule has 0 aliphatic carbocycles. The van der Waals surface area contributed by atoms with Crippen LogP contribution >= 0.6 is 27.3 Å². The molecule has 0 saturated heterocycles. The van der Waals surface area contributed by atoms with Crippen molar-refractivity contribution < 1.29 is 14.7 Å². The normalized spacial score (nSPS) is 12.1. The average molecular weight is 293 g/mol. The molecule has 0 radical (unpaired) electrons. The van der Waals surface area contributed by atoms with E-state index in [2.05, 4.69) is 21.2 Å². The fourth-order valence-corrected chi connectivity index (χ4v) is 2.23. The second-order valence-electron chi connectivity index (χ2n) is 2.76. The number of carboxylic acid groups (broad SMARTS) is 1. The number of nitrogens with one attached hydrogen (secondary N) is 1. The molecule has 1 unspecified atom stereocenters. The van der Waals surface area contributed by atoms with Gasteiger partial charge in [-0.25, -0.2) is 4.79 Å². The van der Waals surface area contributed by atoms with Gasteiger partial charge in [-0.3, -0.25) is 4.79 Å². The Labute approximate surface area is 98.4 Å². The van der Waals surface area contributed by atoms with Crippen molar-refractivity contribution >= 4 is 39.1 Å². The molecule has 1 heterocycles. The first kappa shape index (κ1) is 12.2. The lowest BCUT2D eigenvalue weighted by Gasteiger charge is -2.06. The van der Waals surface area contributed by atoms with E-state index in [1.807, 2.05) is 11.4 Å². The summed E-state index contributed by atoms with van der Waals surface area (Å²) in [6.45, 7) is 0.288. The van der Waals surface area contributed by atoms with Crippen molar-refractivity contribution in [2.24, 2.45) is 5.73 Å². The van der Waals surface area contributed by atoms with Gasteiger partial charge in [-0.05, 0) is 22.0 Å². The average Bonchev–Trinajstić information content (AvgIpc) is 2.59. The van der Waals surface area contributed by atoms with Crippen molar-refractivity contribution in [3.05, 3.63) is 20.8 Å². The molecule has 15 heavy (non-hydrogen) atoms. The third kappa shape index (κ3) is 3.61. The van der Waals surface area contributed by atoms with Gasteiger partial charge in [0.25, 0.3) is 0 Å². The molecule has 7 heteroatoms. The second-order valence-corrected chi connectivity index (χ2v) is 4.68. The summed E-state index contributed by atoms with van der Waals surface area (Å²) in [6, 6.07) is 0.338. The maximum Gasteiger partial charge on any atom is 0.330 e. The van der Waals surface area contributed by atoms with Gasteiger partial charge in [0.2, 0.25) is 5.91 Å². The molecule has 5 nitrogen and oxygen atoms in total. The van der Waals surface area contributed by atoms with Gasteiger partial charge in [0.05, 0.1) is 6.54 Å². The van der Waals surface area contributed by atoms with E-state index in [0.717, 1.165) is 9.35 Å². The van der Waals surface area contributed by atoms with Crippen molar-refractivity contribution in [3.8, 4) is 0 Å². The Hall–Kier alpha value is -0.920. The molecular formula is C8H9BrN2O3S. The molecule has 0 aliphatic heterocycles. The SMILES string of the molecule is NC(C(=O)O)C(=O)NCc1cc(Br)cs1. The summed E-state index contributed by atoms with van der Waals surface area (Å²) < 4.78 is 0.930. The Bertz CT molecular complexity index is 380. The highest BCUT2D eigenvalue weighted by molar-refractivity contribution is 9.10. The van der Waals surface area contributed by atoms with Gasteiger partial charge in [-0.15, -0.1) is 11.3 Å². The van der Waals surface area contributed by atoms with Crippen LogP contribution < -0.4 is 11.1 Å². The van der Waals surface area contributed by atoms with E-state index >= 15 is 0 Å². The summed E-state index contributed by atoms with van der Waals surface area (Å²) in [4.78, 5) is 22.4. The van der Waals surface area contributed by atoms with Gasteiger partial charge in [0, 0.05) is 14.7 Å². The molecule has 1 rings (SSSR count). The standard InChI is InChI=1S/C8H9BrN2O3S/c9-4-1-5(15-3-4)2-11-7(12)6(10)8(13)14/h1,3,6H,2,10H2,(H,11,12)(H,13,14). The van der Waals surface area contributed by atoms with Crippen LogP contribution in [0, 0.1) is 0 Å². The van der Waals surface area contributed by atoms with Crippen LogP contribution in [0.2, 0.25) is 0 Å². The number of aliphatic carboxylic acids is 1. The van der Waals surface area contributed by atoms with Crippen molar-refractivity contribution in [2.75, 3.05) is 0 Å². The summed E-state index contributed by atoms with van der Waals surface area (Å²) in [6.07, 6.45) is 0. The molecular weight excluding hydrogens is 284 g/mol. The largest absolute Gasteiger partial charge is 0.480 e. The van der Waals surface area contributed by atoms with Crippen LogP contribution in [-0.2, 0) is 16.1 Å². The lowest BCUT2D eigenvalue weighted by atomic mass is 10.3. The molecule has 0 bridgehead atoms. The van der Waals surface area contributed by atoms with E-state index in [-0.39, 0.29) is 6.54 Å². The van der Waals surface area contributed by atoms with Gasteiger partial charge in [-0.2, -0.15) is 0 Å². The van der Waals surface area contributed by atoms with Crippen LogP contribution in [0.5, 0.6) is 0 Å². The lowest BCUT2D eigenvalue weighted by Crippen LogP contribution is -2.45. The predicted octanol–water partition coefficient (Wildman–Crippen LogP) is 0.539. The number of thiophene rings is 1. The molecule has 1 amide bonds. The molecule has 4 N–H and O–H groups in total. The predicted molar refractivity (Wildman–Crippen MR) is 59.5 cm³/mol. The number of nitrogens with two attached hydrogens (primary N) is 1. The van der Waals surface area contributed by atoms with Crippen molar-refractivity contribution in [2.45, 2.75) is 12.6 Å².